The first-order valence-electron chi connectivity index (χ1n) is 7.40. The van der Waals surface area contributed by atoms with Gasteiger partial charge in [0.2, 0.25) is 0 Å². The van der Waals surface area contributed by atoms with Crippen LogP contribution in [0.25, 0.3) is 0 Å². The lowest BCUT2D eigenvalue weighted by Gasteiger charge is -2.25. The monoisotopic (exact) mass is 311 g/mol. The fourth-order valence-electron chi connectivity index (χ4n) is 2.34. The molecular formula is C15H25N3O2S. The molecule has 1 unspecified atom stereocenters. The van der Waals surface area contributed by atoms with E-state index in [2.05, 4.69) is 15.6 Å². The second kappa shape index (κ2) is 7.75. The minimum absolute atomic E-state index is 0.348. The van der Waals surface area contributed by atoms with Gasteiger partial charge in [-0.05, 0) is 49.3 Å². The number of nitrogens with zero attached hydrogens (tertiary/aromatic N) is 1. The maximum absolute atomic E-state index is 10.4. The van der Waals surface area contributed by atoms with Gasteiger partial charge in [-0.3, -0.25) is 4.99 Å². The van der Waals surface area contributed by atoms with Crippen molar-refractivity contribution in [3.63, 3.8) is 0 Å². The Labute approximate surface area is 130 Å². The number of aliphatic hydroxyl groups is 1. The molecule has 0 radical (unpaired) electrons. The molecule has 0 aromatic carbocycles. The number of hydrogen-bond donors (Lipinski definition) is 3. The van der Waals surface area contributed by atoms with Crippen LogP contribution >= 0.6 is 11.8 Å². The predicted molar refractivity (Wildman–Crippen MR) is 87.7 cm³/mol. The first-order valence-corrected chi connectivity index (χ1v) is 8.56. The van der Waals surface area contributed by atoms with E-state index in [0.29, 0.717) is 12.3 Å². The molecule has 2 heterocycles. The van der Waals surface area contributed by atoms with Gasteiger partial charge >= 0.3 is 0 Å². The molecule has 1 fully saturated rings. The summed E-state index contributed by atoms with van der Waals surface area (Å²) in [6.07, 6.45) is 4.09. The number of nitrogens with one attached hydrogen (secondary N) is 2. The minimum atomic E-state index is -1.05. The van der Waals surface area contributed by atoms with Gasteiger partial charge in [-0.2, -0.15) is 11.8 Å². The van der Waals surface area contributed by atoms with E-state index in [1.807, 2.05) is 11.8 Å². The number of furan rings is 1. The highest BCUT2D eigenvalue weighted by Crippen LogP contribution is 2.22. The van der Waals surface area contributed by atoms with Crippen molar-refractivity contribution in [1.82, 2.24) is 10.6 Å². The molecule has 2 rings (SSSR count). The highest BCUT2D eigenvalue weighted by atomic mass is 32.2. The van der Waals surface area contributed by atoms with E-state index in [0.717, 1.165) is 18.4 Å². The normalized spacial score (nSPS) is 20.0. The van der Waals surface area contributed by atoms with Crippen molar-refractivity contribution in [2.45, 2.75) is 25.4 Å². The van der Waals surface area contributed by atoms with Crippen LogP contribution in [0.5, 0.6) is 0 Å². The van der Waals surface area contributed by atoms with Crippen LogP contribution in [0.15, 0.2) is 27.8 Å². The van der Waals surface area contributed by atoms with Crippen molar-refractivity contribution < 1.29 is 9.52 Å². The Hall–Kier alpha value is -1.14. The second-order valence-electron chi connectivity index (χ2n) is 5.61. The summed E-state index contributed by atoms with van der Waals surface area (Å²) in [6.45, 7) is 3.01. The van der Waals surface area contributed by atoms with Crippen LogP contribution in [0, 0.1) is 5.92 Å². The maximum atomic E-state index is 10.4. The summed E-state index contributed by atoms with van der Waals surface area (Å²) in [4.78, 5) is 4.20. The van der Waals surface area contributed by atoms with Gasteiger partial charge < -0.3 is 20.2 Å². The Morgan fingerprint density at radius 3 is 2.86 bits per heavy atom. The molecule has 0 bridgehead atoms. The van der Waals surface area contributed by atoms with E-state index in [1.54, 1.807) is 32.4 Å². The summed E-state index contributed by atoms with van der Waals surface area (Å²) in [5.41, 5.74) is -1.05. The number of thioether (sulfide) groups is 1. The SMILES string of the molecule is CN=C(NCC1CCSCC1)NCC(C)(O)c1ccco1. The van der Waals surface area contributed by atoms with E-state index < -0.39 is 5.60 Å². The molecule has 118 valence electrons. The van der Waals surface area contributed by atoms with Gasteiger partial charge in [0, 0.05) is 13.6 Å². The summed E-state index contributed by atoms with van der Waals surface area (Å²) < 4.78 is 5.27. The molecule has 21 heavy (non-hydrogen) atoms. The first-order chi connectivity index (χ1) is 10.1. The largest absolute Gasteiger partial charge is 0.466 e. The maximum Gasteiger partial charge on any atom is 0.191 e. The van der Waals surface area contributed by atoms with Gasteiger partial charge in [-0.1, -0.05) is 0 Å². The van der Waals surface area contributed by atoms with Crippen molar-refractivity contribution in [2.75, 3.05) is 31.6 Å². The third kappa shape index (κ3) is 4.97. The van der Waals surface area contributed by atoms with Gasteiger partial charge in [0.15, 0.2) is 5.96 Å². The average Bonchev–Trinajstić information content (AvgIpc) is 3.03. The molecule has 0 aliphatic carbocycles. The zero-order valence-electron chi connectivity index (χ0n) is 12.8. The molecule has 1 aliphatic rings. The highest BCUT2D eigenvalue weighted by Gasteiger charge is 2.26. The first kappa shape index (κ1) is 16.2. The number of guanidine groups is 1. The van der Waals surface area contributed by atoms with Crippen molar-refractivity contribution in [2.24, 2.45) is 10.9 Å². The lowest BCUT2D eigenvalue weighted by atomic mass is 10.0. The smallest absolute Gasteiger partial charge is 0.191 e. The summed E-state index contributed by atoms with van der Waals surface area (Å²) in [6, 6.07) is 3.55. The van der Waals surface area contributed by atoms with Gasteiger partial charge in [0.25, 0.3) is 0 Å². The number of rotatable bonds is 5. The van der Waals surface area contributed by atoms with Crippen molar-refractivity contribution >= 4 is 17.7 Å². The van der Waals surface area contributed by atoms with E-state index in [9.17, 15) is 5.11 Å². The van der Waals surface area contributed by atoms with Gasteiger partial charge in [-0.25, -0.2) is 0 Å². The summed E-state index contributed by atoms with van der Waals surface area (Å²) in [5, 5.41) is 16.9. The van der Waals surface area contributed by atoms with E-state index in [-0.39, 0.29) is 0 Å². The molecule has 6 heteroatoms. The standard InChI is InChI=1S/C15H25N3O2S/c1-15(19,13-4-3-7-20-13)11-18-14(16-2)17-10-12-5-8-21-9-6-12/h3-4,7,12,19H,5-6,8-11H2,1-2H3,(H2,16,17,18). The molecular weight excluding hydrogens is 286 g/mol. The molecule has 0 amide bonds. The quantitative estimate of drug-likeness (QED) is 0.571. The Balaban J connectivity index is 1.77. The molecule has 1 saturated heterocycles. The van der Waals surface area contributed by atoms with Crippen molar-refractivity contribution in [3.8, 4) is 0 Å². The van der Waals surface area contributed by atoms with Crippen molar-refractivity contribution in [3.05, 3.63) is 24.2 Å². The van der Waals surface area contributed by atoms with Crippen LogP contribution in [-0.4, -0.2) is 42.7 Å². The van der Waals surface area contributed by atoms with Crippen LogP contribution in [0.3, 0.4) is 0 Å². The Morgan fingerprint density at radius 2 is 2.24 bits per heavy atom. The molecule has 1 aliphatic heterocycles. The Kier molecular flexibility index (Phi) is 5.99. The second-order valence-corrected chi connectivity index (χ2v) is 6.84. The fourth-order valence-corrected chi connectivity index (χ4v) is 3.54. The third-order valence-electron chi connectivity index (χ3n) is 3.77. The van der Waals surface area contributed by atoms with E-state index in [1.165, 1.54) is 24.3 Å². The molecule has 0 saturated carbocycles. The number of aliphatic imine (C=N–C) groups is 1. The molecule has 1 aromatic rings. The van der Waals surface area contributed by atoms with Crippen LogP contribution < -0.4 is 10.6 Å². The average molecular weight is 311 g/mol. The highest BCUT2D eigenvalue weighted by molar-refractivity contribution is 7.99. The topological polar surface area (TPSA) is 69.8 Å². The lowest BCUT2D eigenvalue weighted by molar-refractivity contribution is 0.0386. The zero-order valence-corrected chi connectivity index (χ0v) is 13.6. The van der Waals surface area contributed by atoms with E-state index in [4.69, 9.17) is 4.42 Å². The molecule has 1 aromatic heterocycles. The van der Waals surface area contributed by atoms with Crippen LogP contribution in [-0.2, 0) is 5.60 Å². The molecule has 0 spiro atoms. The predicted octanol–water partition coefficient (Wildman–Crippen LogP) is 1.80. The summed E-state index contributed by atoms with van der Waals surface area (Å²) in [5.74, 6) is 4.50. The Morgan fingerprint density at radius 1 is 1.48 bits per heavy atom. The molecule has 3 N–H and O–H groups in total. The van der Waals surface area contributed by atoms with Gasteiger partial charge in [0.1, 0.15) is 11.4 Å². The fraction of sp³-hybridized carbons (Fsp3) is 0.667. The zero-order chi connectivity index (χ0) is 15.1. The Bertz CT molecular complexity index is 440. The summed E-state index contributed by atoms with van der Waals surface area (Å²) in [7, 11) is 1.74. The van der Waals surface area contributed by atoms with Crippen LogP contribution in [0.4, 0.5) is 0 Å². The van der Waals surface area contributed by atoms with E-state index >= 15 is 0 Å². The van der Waals surface area contributed by atoms with Crippen molar-refractivity contribution in [1.29, 1.82) is 0 Å². The third-order valence-corrected chi connectivity index (χ3v) is 4.82. The minimum Gasteiger partial charge on any atom is -0.466 e. The molecule has 1 atom stereocenters. The van der Waals surface area contributed by atoms with Gasteiger partial charge in [-0.15, -0.1) is 0 Å². The molecule has 5 nitrogen and oxygen atoms in total. The van der Waals surface area contributed by atoms with Crippen LogP contribution in [0.1, 0.15) is 25.5 Å². The lowest BCUT2D eigenvalue weighted by Crippen LogP contribution is -2.45. The van der Waals surface area contributed by atoms with Gasteiger partial charge in [0.05, 0.1) is 12.8 Å². The summed E-state index contributed by atoms with van der Waals surface area (Å²) >= 11 is 2.03. The number of hydrogen-bond acceptors (Lipinski definition) is 4. The van der Waals surface area contributed by atoms with Crippen LogP contribution in [0.2, 0.25) is 0 Å².